The molecular formula is C20H23NO6. The summed E-state index contributed by atoms with van der Waals surface area (Å²) in [6, 6.07) is 10.3. The lowest BCUT2D eigenvalue weighted by Gasteiger charge is -2.22. The van der Waals surface area contributed by atoms with Crippen LogP contribution in [-0.4, -0.2) is 27.6 Å². The van der Waals surface area contributed by atoms with Crippen LogP contribution < -0.4 is 10.3 Å². The average molecular weight is 373 g/mol. The van der Waals surface area contributed by atoms with Crippen LogP contribution in [0.15, 0.2) is 41.2 Å². The number of benzene rings is 1. The molecule has 0 fully saturated rings. The first-order valence-corrected chi connectivity index (χ1v) is 8.48. The van der Waals surface area contributed by atoms with E-state index < -0.39 is 29.0 Å². The van der Waals surface area contributed by atoms with Crippen molar-refractivity contribution in [1.82, 2.24) is 4.98 Å². The SMILES string of the molecule is CC(C(=O)OC(C)(C)C)c1cc(C(=O)O)c(OCc2ccccc2)c(=O)[nH]1. The number of aromatic carboxylic acids is 1. The monoisotopic (exact) mass is 373 g/mol. The molecular weight excluding hydrogens is 350 g/mol. The molecule has 0 aliphatic rings. The van der Waals surface area contributed by atoms with Crippen LogP contribution in [0.3, 0.4) is 0 Å². The standard InChI is InChI=1S/C20H23NO6/c1-12(19(25)27-20(2,3)4)15-10-14(18(23)24)16(17(22)21-15)26-11-13-8-6-5-7-9-13/h5-10,12H,11H2,1-4H3,(H,21,22)(H,23,24). The van der Waals surface area contributed by atoms with Gasteiger partial charge in [-0.05, 0) is 39.3 Å². The van der Waals surface area contributed by atoms with Crippen molar-refractivity contribution in [1.29, 1.82) is 0 Å². The highest BCUT2D eigenvalue weighted by molar-refractivity contribution is 5.91. The van der Waals surface area contributed by atoms with Crippen molar-refractivity contribution in [2.45, 2.75) is 45.8 Å². The number of ether oxygens (including phenoxy) is 2. The Balaban J connectivity index is 2.31. The molecule has 1 aromatic heterocycles. The number of aromatic nitrogens is 1. The van der Waals surface area contributed by atoms with Crippen molar-refractivity contribution in [3.63, 3.8) is 0 Å². The van der Waals surface area contributed by atoms with Crippen LogP contribution in [0, 0.1) is 0 Å². The fraction of sp³-hybridized carbons (Fsp3) is 0.350. The molecule has 144 valence electrons. The van der Waals surface area contributed by atoms with Gasteiger partial charge in [0, 0.05) is 5.69 Å². The minimum absolute atomic E-state index is 0.0468. The van der Waals surface area contributed by atoms with E-state index in [2.05, 4.69) is 4.98 Å². The van der Waals surface area contributed by atoms with E-state index in [9.17, 15) is 19.5 Å². The van der Waals surface area contributed by atoms with Crippen LogP contribution in [0.25, 0.3) is 0 Å². The second kappa shape index (κ2) is 8.07. The molecule has 0 bridgehead atoms. The first-order chi connectivity index (χ1) is 12.6. The smallest absolute Gasteiger partial charge is 0.339 e. The number of nitrogens with one attached hydrogen (secondary N) is 1. The summed E-state index contributed by atoms with van der Waals surface area (Å²) in [5, 5.41) is 9.47. The van der Waals surface area contributed by atoms with Gasteiger partial charge in [-0.25, -0.2) is 4.79 Å². The van der Waals surface area contributed by atoms with Gasteiger partial charge in [-0.15, -0.1) is 0 Å². The normalized spacial score (nSPS) is 12.3. The summed E-state index contributed by atoms with van der Waals surface area (Å²) in [6.45, 7) is 6.76. The highest BCUT2D eigenvalue weighted by Crippen LogP contribution is 2.22. The van der Waals surface area contributed by atoms with Gasteiger partial charge in [-0.3, -0.25) is 9.59 Å². The molecule has 1 unspecified atom stereocenters. The van der Waals surface area contributed by atoms with Crippen molar-refractivity contribution in [3.8, 4) is 5.75 Å². The number of hydrogen-bond donors (Lipinski definition) is 2. The van der Waals surface area contributed by atoms with Crippen molar-refractivity contribution >= 4 is 11.9 Å². The lowest BCUT2D eigenvalue weighted by atomic mass is 10.0. The third-order valence-corrected chi connectivity index (χ3v) is 3.69. The molecule has 0 radical (unpaired) electrons. The Morgan fingerprint density at radius 1 is 1.19 bits per heavy atom. The van der Waals surface area contributed by atoms with Crippen molar-refractivity contribution in [3.05, 3.63) is 63.6 Å². The molecule has 27 heavy (non-hydrogen) atoms. The second-order valence-corrected chi connectivity index (χ2v) is 7.13. The van der Waals surface area contributed by atoms with E-state index in [4.69, 9.17) is 9.47 Å². The predicted molar refractivity (Wildman–Crippen MR) is 99.1 cm³/mol. The van der Waals surface area contributed by atoms with Crippen LogP contribution in [-0.2, 0) is 16.1 Å². The van der Waals surface area contributed by atoms with E-state index in [1.165, 1.54) is 13.0 Å². The third kappa shape index (κ3) is 5.44. The van der Waals surface area contributed by atoms with Crippen LogP contribution in [0.2, 0.25) is 0 Å². The van der Waals surface area contributed by atoms with Crippen LogP contribution in [0.1, 0.15) is 55.2 Å². The molecule has 0 aliphatic carbocycles. The van der Waals surface area contributed by atoms with Gasteiger partial charge in [0.1, 0.15) is 17.8 Å². The predicted octanol–water partition coefficient (Wildman–Crippen LogP) is 3.10. The van der Waals surface area contributed by atoms with Crippen molar-refractivity contribution < 1.29 is 24.2 Å². The first-order valence-electron chi connectivity index (χ1n) is 8.48. The van der Waals surface area contributed by atoms with E-state index in [1.54, 1.807) is 32.9 Å². The fourth-order valence-electron chi connectivity index (χ4n) is 2.35. The van der Waals surface area contributed by atoms with Gasteiger partial charge < -0.3 is 19.6 Å². The number of H-pyrrole nitrogens is 1. The number of carboxylic acids is 1. The maximum Gasteiger partial charge on any atom is 0.339 e. The second-order valence-electron chi connectivity index (χ2n) is 7.13. The lowest BCUT2D eigenvalue weighted by Crippen LogP contribution is -2.28. The van der Waals surface area contributed by atoms with E-state index in [-0.39, 0.29) is 23.6 Å². The molecule has 0 spiro atoms. The van der Waals surface area contributed by atoms with E-state index in [0.29, 0.717) is 0 Å². The Hall–Kier alpha value is -3.09. The Labute approximate surface area is 156 Å². The summed E-state index contributed by atoms with van der Waals surface area (Å²) in [5.74, 6) is -3.01. The summed E-state index contributed by atoms with van der Waals surface area (Å²) in [4.78, 5) is 38.8. The van der Waals surface area contributed by atoms with Gasteiger partial charge in [0.15, 0.2) is 5.75 Å². The molecule has 0 aliphatic heterocycles. The molecule has 1 atom stereocenters. The molecule has 1 aromatic carbocycles. The number of esters is 1. The molecule has 0 amide bonds. The van der Waals surface area contributed by atoms with Gasteiger partial charge in [0.2, 0.25) is 0 Å². The highest BCUT2D eigenvalue weighted by atomic mass is 16.6. The van der Waals surface area contributed by atoms with Gasteiger partial charge in [-0.1, -0.05) is 30.3 Å². The number of rotatable bonds is 6. The molecule has 0 saturated carbocycles. The van der Waals surface area contributed by atoms with E-state index in [0.717, 1.165) is 5.56 Å². The molecule has 2 N–H and O–H groups in total. The molecule has 7 nitrogen and oxygen atoms in total. The van der Waals surface area contributed by atoms with Gasteiger partial charge in [0.25, 0.3) is 5.56 Å². The minimum Gasteiger partial charge on any atom is -0.482 e. The molecule has 2 aromatic rings. The quantitative estimate of drug-likeness (QED) is 0.754. The zero-order valence-electron chi connectivity index (χ0n) is 15.7. The topological polar surface area (TPSA) is 106 Å². The summed E-state index contributed by atoms with van der Waals surface area (Å²) < 4.78 is 10.7. The van der Waals surface area contributed by atoms with Crippen LogP contribution in [0.5, 0.6) is 5.75 Å². The summed E-state index contributed by atoms with van der Waals surface area (Å²) in [5.41, 5.74) is -0.769. The number of pyridine rings is 1. The maximum absolute atomic E-state index is 12.4. The number of carboxylic acid groups (broad SMARTS) is 1. The highest BCUT2D eigenvalue weighted by Gasteiger charge is 2.26. The van der Waals surface area contributed by atoms with Crippen LogP contribution in [0.4, 0.5) is 0 Å². The fourth-order valence-corrected chi connectivity index (χ4v) is 2.35. The van der Waals surface area contributed by atoms with Crippen molar-refractivity contribution in [2.24, 2.45) is 0 Å². The third-order valence-electron chi connectivity index (χ3n) is 3.69. The maximum atomic E-state index is 12.4. The largest absolute Gasteiger partial charge is 0.482 e. The zero-order chi connectivity index (χ0) is 20.2. The average Bonchev–Trinajstić information content (AvgIpc) is 2.58. The molecule has 7 heteroatoms. The van der Waals surface area contributed by atoms with Gasteiger partial charge >= 0.3 is 11.9 Å². The Kier molecular flexibility index (Phi) is 6.05. The number of hydrogen-bond acceptors (Lipinski definition) is 5. The van der Waals surface area contributed by atoms with Gasteiger partial charge in [0.05, 0.1) is 5.92 Å². The Morgan fingerprint density at radius 2 is 1.81 bits per heavy atom. The van der Waals surface area contributed by atoms with E-state index in [1.807, 2.05) is 18.2 Å². The van der Waals surface area contributed by atoms with E-state index >= 15 is 0 Å². The van der Waals surface area contributed by atoms with Crippen LogP contribution >= 0.6 is 0 Å². The Bertz CT molecular complexity index is 880. The summed E-state index contributed by atoms with van der Waals surface area (Å²) in [6.07, 6.45) is 0. The summed E-state index contributed by atoms with van der Waals surface area (Å²) in [7, 11) is 0. The lowest BCUT2D eigenvalue weighted by molar-refractivity contribution is -0.156. The molecule has 0 saturated heterocycles. The number of carbonyl (C=O) groups is 2. The van der Waals surface area contributed by atoms with Crippen molar-refractivity contribution in [2.75, 3.05) is 0 Å². The number of carbonyl (C=O) groups excluding carboxylic acids is 1. The molecule has 1 heterocycles. The molecule has 2 rings (SSSR count). The summed E-state index contributed by atoms with van der Waals surface area (Å²) >= 11 is 0. The zero-order valence-corrected chi connectivity index (χ0v) is 15.7. The van der Waals surface area contributed by atoms with Gasteiger partial charge in [-0.2, -0.15) is 0 Å². The minimum atomic E-state index is -1.32. The number of aromatic amines is 1. The Morgan fingerprint density at radius 3 is 2.37 bits per heavy atom. The first kappa shape index (κ1) is 20.2.